The van der Waals surface area contributed by atoms with Gasteiger partial charge in [-0.2, -0.15) is 0 Å². The van der Waals surface area contributed by atoms with E-state index in [9.17, 15) is 4.79 Å². The topological polar surface area (TPSA) is 81.0 Å². The molecule has 0 aliphatic carbocycles. The molecular weight excluding hydrogens is 318 g/mol. The number of benzene rings is 2. The third-order valence-corrected chi connectivity index (χ3v) is 3.90. The molecule has 0 radical (unpaired) electrons. The van der Waals surface area contributed by atoms with E-state index in [0.717, 1.165) is 16.5 Å². The fraction of sp³-hybridized carbons (Fsp3) is 0.105. The molecule has 0 aliphatic heterocycles. The number of esters is 1. The van der Waals surface area contributed by atoms with E-state index in [-0.39, 0.29) is 5.89 Å². The zero-order chi connectivity index (χ0) is 17.2. The highest BCUT2D eigenvalue weighted by Gasteiger charge is 2.21. The van der Waals surface area contributed by atoms with Crippen LogP contribution in [-0.2, 0) is 4.74 Å². The standard InChI is InChI=1S/C19H15N3O3/c1-12(17-21-22-18(25-17)13-7-3-2-4-8-13)24-19(23)15-11-20-16-10-6-5-9-14(15)16/h2-12,20H,1H3/t12-/m0/s1. The first kappa shape index (κ1) is 15.1. The summed E-state index contributed by atoms with van der Waals surface area (Å²) in [5.41, 5.74) is 2.17. The zero-order valence-electron chi connectivity index (χ0n) is 13.5. The molecule has 4 aromatic rings. The number of carbonyl (C=O) groups excluding carboxylic acids is 1. The molecule has 6 nitrogen and oxygen atoms in total. The van der Waals surface area contributed by atoms with Gasteiger partial charge in [-0.05, 0) is 25.1 Å². The third-order valence-electron chi connectivity index (χ3n) is 3.90. The Morgan fingerprint density at radius 3 is 2.68 bits per heavy atom. The van der Waals surface area contributed by atoms with Crippen molar-refractivity contribution in [3.63, 3.8) is 0 Å². The van der Waals surface area contributed by atoms with Crippen LogP contribution in [-0.4, -0.2) is 21.2 Å². The average Bonchev–Trinajstić information content (AvgIpc) is 3.30. The van der Waals surface area contributed by atoms with Crippen LogP contribution < -0.4 is 0 Å². The number of carbonyl (C=O) groups is 1. The smallest absolute Gasteiger partial charge is 0.341 e. The fourth-order valence-electron chi connectivity index (χ4n) is 2.61. The predicted octanol–water partition coefficient (Wildman–Crippen LogP) is 4.14. The highest BCUT2D eigenvalue weighted by Crippen LogP contribution is 2.24. The van der Waals surface area contributed by atoms with Gasteiger partial charge in [0.05, 0.1) is 5.56 Å². The summed E-state index contributed by atoms with van der Waals surface area (Å²) in [6.07, 6.45) is 0.995. The number of aromatic amines is 1. The number of H-pyrrole nitrogens is 1. The van der Waals surface area contributed by atoms with E-state index in [2.05, 4.69) is 15.2 Å². The lowest BCUT2D eigenvalue weighted by atomic mass is 10.2. The summed E-state index contributed by atoms with van der Waals surface area (Å²) in [5.74, 6) is 0.210. The molecule has 25 heavy (non-hydrogen) atoms. The largest absolute Gasteiger partial charge is 0.449 e. The van der Waals surface area contributed by atoms with Gasteiger partial charge in [0.2, 0.25) is 5.89 Å². The number of hydrogen-bond acceptors (Lipinski definition) is 5. The summed E-state index contributed by atoms with van der Waals surface area (Å²) in [5, 5.41) is 8.82. The van der Waals surface area contributed by atoms with E-state index in [0.29, 0.717) is 11.5 Å². The van der Waals surface area contributed by atoms with Crippen LogP contribution in [0, 0.1) is 0 Å². The molecule has 0 fully saturated rings. The summed E-state index contributed by atoms with van der Waals surface area (Å²) in [6, 6.07) is 17.0. The van der Waals surface area contributed by atoms with Crippen molar-refractivity contribution in [2.75, 3.05) is 0 Å². The predicted molar refractivity (Wildman–Crippen MR) is 91.9 cm³/mol. The molecule has 0 bridgehead atoms. The second kappa shape index (κ2) is 6.24. The molecule has 1 atom stereocenters. The van der Waals surface area contributed by atoms with Gasteiger partial charge < -0.3 is 14.1 Å². The molecule has 2 aromatic carbocycles. The van der Waals surface area contributed by atoms with Crippen LogP contribution >= 0.6 is 0 Å². The first-order valence-electron chi connectivity index (χ1n) is 7.88. The molecule has 0 saturated heterocycles. The van der Waals surface area contributed by atoms with Crippen LogP contribution in [0.5, 0.6) is 0 Å². The average molecular weight is 333 g/mol. The van der Waals surface area contributed by atoms with Crippen molar-refractivity contribution in [3.8, 4) is 11.5 Å². The lowest BCUT2D eigenvalue weighted by molar-refractivity contribution is 0.0282. The Morgan fingerprint density at radius 1 is 1.08 bits per heavy atom. The Balaban J connectivity index is 1.53. The second-order valence-corrected chi connectivity index (χ2v) is 5.61. The van der Waals surface area contributed by atoms with Gasteiger partial charge in [0.15, 0.2) is 6.10 Å². The van der Waals surface area contributed by atoms with Gasteiger partial charge in [-0.3, -0.25) is 0 Å². The number of nitrogens with zero attached hydrogens (tertiary/aromatic N) is 2. The van der Waals surface area contributed by atoms with E-state index in [4.69, 9.17) is 9.15 Å². The Kier molecular flexibility index (Phi) is 3.78. The minimum absolute atomic E-state index is 0.257. The summed E-state index contributed by atoms with van der Waals surface area (Å²) in [7, 11) is 0. The summed E-state index contributed by atoms with van der Waals surface area (Å²) in [6.45, 7) is 1.70. The number of fused-ring (bicyclic) bond motifs is 1. The molecular formula is C19H15N3O3. The van der Waals surface area contributed by atoms with Crippen molar-refractivity contribution in [1.82, 2.24) is 15.2 Å². The highest BCUT2D eigenvalue weighted by molar-refractivity contribution is 6.04. The SMILES string of the molecule is C[C@H](OC(=O)c1c[nH]c2ccccc12)c1nnc(-c2ccccc2)o1. The van der Waals surface area contributed by atoms with Crippen LogP contribution in [0.3, 0.4) is 0 Å². The van der Waals surface area contributed by atoms with E-state index < -0.39 is 12.1 Å². The van der Waals surface area contributed by atoms with Crippen molar-refractivity contribution >= 4 is 16.9 Å². The quantitative estimate of drug-likeness (QED) is 0.568. The van der Waals surface area contributed by atoms with Crippen molar-refractivity contribution in [2.24, 2.45) is 0 Å². The van der Waals surface area contributed by atoms with Gasteiger partial charge in [-0.1, -0.05) is 36.4 Å². The summed E-state index contributed by atoms with van der Waals surface area (Å²) >= 11 is 0. The molecule has 1 N–H and O–H groups in total. The van der Waals surface area contributed by atoms with Crippen LogP contribution in [0.2, 0.25) is 0 Å². The lowest BCUT2D eigenvalue weighted by Crippen LogP contribution is -2.09. The number of para-hydroxylation sites is 1. The Bertz CT molecular complexity index is 1020. The van der Waals surface area contributed by atoms with Crippen molar-refractivity contribution in [2.45, 2.75) is 13.0 Å². The number of aromatic nitrogens is 3. The number of ether oxygens (including phenoxy) is 1. The van der Waals surface area contributed by atoms with E-state index in [1.807, 2.05) is 54.6 Å². The minimum Gasteiger partial charge on any atom is -0.449 e. The number of nitrogens with one attached hydrogen (secondary N) is 1. The van der Waals surface area contributed by atoms with Gasteiger partial charge in [-0.25, -0.2) is 4.79 Å². The molecule has 0 unspecified atom stereocenters. The molecule has 4 rings (SSSR count). The van der Waals surface area contributed by atoms with Crippen LogP contribution in [0.1, 0.15) is 29.3 Å². The first-order valence-corrected chi connectivity index (χ1v) is 7.88. The fourth-order valence-corrected chi connectivity index (χ4v) is 2.61. The van der Waals surface area contributed by atoms with Gasteiger partial charge in [0.1, 0.15) is 0 Å². The molecule has 2 heterocycles. The van der Waals surface area contributed by atoms with Crippen LogP contribution in [0.25, 0.3) is 22.4 Å². The summed E-state index contributed by atoms with van der Waals surface area (Å²) < 4.78 is 11.1. The van der Waals surface area contributed by atoms with Crippen molar-refractivity contribution in [3.05, 3.63) is 72.2 Å². The van der Waals surface area contributed by atoms with Crippen molar-refractivity contribution in [1.29, 1.82) is 0 Å². The molecule has 2 aromatic heterocycles. The highest BCUT2D eigenvalue weighted by atomic mass is 16.6. The van der Waals surface area contributed by atoms with E-state index in [1.165, 1.54) is 0 Å². The Hall–Kier alpha value is -3.41. The maximum Gasteiger partial charge on any atom is 0.341 e. The number of hydrogen-bond donors (Lipinski definition) is 1. The second-order valence-electron chi connectivity index (χ2n) is 5.61. The molecule has 0 saturated carbocycles. The van der Waals surface area contributed by atoms with Crippen LogP contribution in [0.4, 0.5) is 0 Å². The maximum absolute atomic E-state index is 12.4. The molecule has 0 amide bonds. The van der Waals surface area contributed by atoms with Gasteiger partial charge in [-0.15, -0.1) is 10.2 Å². The van der Waals surface area contributed by atoms with Gasteiger partial charge in [0.25, 0.3) is 5.89 Å². The maximum atomic E-state index is 12.4. The molecule has 0 aliphatic rings. The summed E-state index contributed by atoms with van der Waals surface area (Å²) in [4.78, 5) is 15.5. The van der Waals surface area contributed by atoms with Gasteiger partial charge in [0, 0.05) is 22.7 Å². The molecule has 0 spiro atoms. The van der Waals surface area contributed by atoms with Crippen LogP contribution in [0.15, 0.2) is 65.2 Å². The van der Waals surface area contributed by atoms with Crippen molar-refractivity contribution < 1.29 is 13.9 Å². The first-order chi connectivity index (χ1) is 12.2. The Labute approximate surface area is 143 Å². The molecule has 124 valence electrons. The van der Waals surface area contributed by atoms with Gasteiger partial charge >= 0.3 is 5.97 Å². The number of rotatable bonds is 4. The van der Waals surface area contributed by atoms with E-state index >= 15 is 0 Å². The lowest BCUT2D eigenvalue weighted by Gasteiger charge is -2.08. The normalized spacial score (nSPS) is 12.2. The monoisotopic (exact) mass is 333 g/mol. The third kappa shape index (κ3) is 2.89. The van der Waals surface area contributed by atoms with E-state index in [1.54, 1.807) is 13.1 Å². The zero-order valence-corrected chi connectivity index (χ0v) is 13.5. The Morgan fingerprint density at radius 2 is 1.84 bits per heavy atom. The molecule has 6 heteroatoms. The minimum atomic E-state index is -0.647.